The maximum Gasteiger partial charge on any atom is 0.264 e. The number of halogens is 1. The van der Waals surface area contributed by atoms with Crippen molar-refractivity contribution in [2.75, 3.05) is 23.9 Å². The van der Waals surface area contributed by atoms with E-state index in [-0.39, 0.29) is 24.8 Å². The van der Waals surface area contributed by atoms with Crippen molar-refractivity contribution in [3.63, 3.8) is 0 Å². The van der Waals surface area contributed by atoms with Gasteiger partial charge in [-0.05, 0) is 49.3 Å². The molecule has 4 aromatic rings. The minimum atomic E-state index is -3.31. The van der Waals surface area contributed by atoms with Crippen molar-refractivity contribution in [3.8, 4) is 0 Å². The summed E-state index contributed by atoms with van der Waals surface area (Å²) in [5, 5.41) is 21.4. The van der Waals surface area contributed by atoms with Crippen molar-refractivity contribution in [1.82, 2.24) is 20.0 Å². The molecule has 0 unspecified atom stereocenters. The molecule has 4 atom stereocenters. The number of benzene rings is 2. The third kappa shape index (κ3) is 5.06. The molecule has 0 bridgehead atoms. The van der Waals surface area contributed by atoms with Gasteiger partial charge in [0.2, 0.25) is 14.3 Å². The van der Waals surface area contributed by atoms with Crippen LogP contribution in [0.25, 0.3) is 10.9 Å². The van der Waals surface area contributed by atoms with E-state index in [9.17, 15) is 14.7 Å². The van der Waals surface area contributed by atoms with E-state index in [2.05, 4.69) is 20.6 Å². The number of likely N-dealkylation sites (N-methyl/N-ethyl adjacent to an activating group) is 1. The van der Waals surface area contributed by atoms with Crippen LogP contribution in [0.1, 0.15) is 30.2 Å². The van der Waals surface area contributed by atoms with E-state index < -0.39 is 31.6 Å². The first-order chi connectivity index (χ1) is 20.5. The zero-order valence-corrected chi connectivity index (χ0v) is 25.8. The largest absolute Gasteiger partial charge is 0.396 e. The number of H-pyrrole nitrogens is 1. The zero-order valence-electron chi connectivity index (χ0n) is 24.8. The molecular weight excluding hydrogens is 567 g/mol. The monoisotopic (exact) mass is 604 g/mol. The van der Waals surface area contributed by atoms with E-state index in [1.165, 1.54) is 0 Å². The summed E-state index contributed by atoms with van der Waals surface area (Å²) in [6, 6.07) is 13.2. The van der Waals surface area contributed by atoms with Crippen LogP contribution in [0.15, 0.2) is 54.9 Å². The van der Waals surface area contributed by atoms with Gasteiger partial charge >= 0.3 is 0 Å². The molecule has 6 rings (SSSR count). The number of carbonyl (C=O) groups excluding carboxylic acids is 2. The molecule has 2 aliphatic heterocycles. The van der Waals surface area contributed by atoms with Gasteiger partial charge in [-0.15, -0.1) is 5.10 Å². The van der Waals surface area contributed by atoms with Gasteiger partial charge in [0.25, 0.3) is 5.91 Å². The number of aromatic amines is 1. The molecule has 0 radical (unpaired) electrons. The molecule has 4 heterocycles. The highest BCUT2D eigenvalue weighted by Gasteiger charge is 2.66. The highest BCUT2D eigenvalue weighted by molar-refractivity contribution is 6.72. The van der Waals surface area contributed by atoms with Gasteiger partial charge in [0, 0.05) is 72.6 Å². The van der Waals surface area contributed by atoms with E-state index >= 15 is 4.11 Å². The molecule has 2 aromatic carbocycles. The topological polar surface area (TPSA) is 125 Å². The number of rotatable bonds is 9. The van der Waals surface area contributed by atoms with Crippen LogP contribution in [0.3, 0.4) is 0 Å². The van der Waals surface area contributed by atoms with Gasteiger partial charge in [-0.25, -0.2) is 0 Å². The molecule has 1 saturated heterocycles. The Morgan fingerprint density at radius 1 is 1.26 bits per heavy atom. The van der Waals surface area contributed by atoms with Gasteiger partial charge in [-0.1, -0.05) is 30.3 Å². The number of anilines is 2. The summed E-state index contributed by atoms with van der Waals surface area (Å²) in [5.41, 5.74) is 2.62. The zero-order chi connectivity index (χ0) is 30.5. The molecule has 12 heteroatoms. The van der Waals surface area contributed by atoms with Gasteiger partial charge in [0.05, 0.1) is 23.9 Å². The number of para-hydroxylation sites is 1. The van der Waals surface area contributed by atoms with Crippen LogP contribution in [0, 0.1) is 5.92 Å². The number of aromatic nitrogens is 4. The van der Waals surface area contributed by atoms with E-state index in [0.717, 1.165) is 16.5 Å². The van der Waals surface area contributed by atoms with Gasteiger partial charge in [0.15, 0.2) is 5.60 Å². The summed E-state index contributed by atoms with van der Waals surface area (Å²) >= 11 is 0. The second-order valence-electron chi connectivity index (χ2n) is 12.2. The lowest BCUT2D eigenvalue weighted by Gasteiger charge is -2.31. The maximum absolute atomic E-state index is 16.0. The lowest BCUT2D eigenvalue weighted by Crippen LogP contribution is -2.44. The smallest absolute Gasteiger partial charge is 0.264 e. The predicted molar refractivity (Wildman–Crippen MR) is 164 cm³/mol. The summed E-state index contributed by atoms with van der Waals surface area (Å²) in [6.45, 7) is 5.67. The number of fused-ring (bicyclic) bond motifs is 3. The Morgan fingerprint density at radius 2 is 2.05 bits per heavy atom. The number of nitrogens with zero attached hydrogens (tertiary/aromatic N) is 4. The first kappa shape index (κ1) is 29.2. The van der Waals surface area contributed by atoms with Crippen molar-refractivity contribution in [2.24, 2.45) is 5.92 Å². The molecule has 0 saturated carbocycles. The second-order valence-corrected chi connectivity index (χ2v) is 16.0. The number of hydrogen-bond donors (Lipinski definition) is 3. The molecule has 1 fully saturated rings. The molecule has 2 aromatic heterocycles. The van der Waals surface area contributed by atoms with Crippen LogP contribution in [-0.2, 0) is 39.3 Å². The van der Waals surface area contributed by atoms with Crippen molar-refractivity contribution < 1.29 is 23.5 Å². The second kappa shape index (κ2) is 11.0. The summed E-state index contributed by atoms with van der Waals surface area (Å²) in [6.07, 6.45) is 4.14. The SMILES string of the molecule is C[C@H]1[C@H]([Si](C)(C)F)[C@@H](CCn2cc(CCO)nn2)O[C@]12C(=O)N(C)c1ccc(NC(=O)Cc3c[nH]c4ccccc34)cc12. The number of hydrogen-bond acceptors (Lipinski definition) is 6. The van der Waals surface area contributed by atoms with Crippen LogP contribution >= 0.6 is 0 Å². The Kier molecular flexibility index (Phi) is 7.47. The van der Waals surface area contributed by atoms with E-state index in [4.69, 9.17) is 4.74 Å². The fourth-order valence-corrected chi connectivity index (χ4v) is 9.64. The van der Waals surface area contributed by atoms with E-state index in [1.54, 1.807) is 42.0 Å². The standard InChI is InChI=1S/C31H37FN6O4Si/c1-19-29(43(3,4)32)27(11-13-38-18-22(12-14-39)35-36-38)42-31(19)24-16-21(9-10-26(24)37(2)30(31)41)34-28(40)15-20-17-33-25-8-6-5-7-23(20)25/h5-10,16-19,27,29,33,39H,11-15H2,1-4H3,(H,34,40)/t19-,27+,29-,31+/m0/s1. The third-order valence-corrected chi connectivity index (χ3v) is 11.5. The number of carbonyl (C=O) groups is 2. The third-order valence-electron chi connectivity index (χ3n) is 9.00. The van der Waals surface area contributed by atoms with Crippen molar-refractivity contribution in [2.45, 2.75) is 63.1 Å². The molecule has 0 aliphatic carbocycles. The molecular formula is C31H37FN6O4Si. The number of amides is 2. The van der Waals surface area contributed by atoms with Gasteiger partial charge in [-0.2, -0.15) is 0 Å². The van der Waals surface area contributed by atoms with Crippen LogP contribution in [0.2, 0.25) is 18.6 Å². The Bertz CT molecular complexity index is 1680. The van der Waals surface area contributed by atoms with E-state index in [0.29, 0.717) is 42.0 Å². The lowest BCUT2D eigenvalue weighted by atomic mass is 9.82. The van der Waals surface area contributed by atoms with Crippen molar-refractivity contribution in [1.29, 1.82) is 0 Å². The summed E-state index contributed by atoms with van der Waals surface area (Å²) in [5.74, 6) is -0.842. The number of aliphatic hydroxyl groups is 1. The maximum atomic E-state index is 16.0. The molecule has 43 heavy (non-hydrogen) atoms. The van der Waals surface area contributed by atoms with Crippen LogP contribution in [0.5, 0.6) is 0 Å². The minimum absolute atomic E-state index is 0.0192. The Labute approximate surface area is 250 Å². The lowest BCUT2D eigenvalue weighted by molar-refractivity contribution is -0.145. The van der Waals surface area contributed by atoms with Crippen molar-refractivity contribution >= 4 is 42.5 Å². The fraction of sp³-hybridized carbons (Fsp3) is 0.419. The Hall–Kier alpha value is -3.87. The highest BCUT2D eigenvalue weighted by atomic mass is 28.4. The van der Waals surface area contributed by atoms with Crippen LogP contribution in [0.4, 0.5) is 15.5 Å². The molecule has 2 amide bonds. The molecule has 3 N–H and O–H groups in total. The predicted octanol–water partition coefficient (Wildman–Crippen LogP) is 4.32. The quantitative estimate of drug-likeness (QED) is 0.193. The Balaban J connectivity index is 1.27. The fourth-order valence-electron chi connectivity index (χ4n) is 7.09. The Morgan fingerprint density at radius 3 is 2.81 bits per heavy atom. The van der Waals surface area contributed by atoms with Crippen molar-refractivity contribution in [3.05, 3.63) is 71.7 Å². The average Bonchev–Trinajstić information content (AvgIpc) is 3.70. The number of ether oxygens (including phenoxy) is 1. The first-order valence-corrected chi connectivity index (χ1v) is 17.6. The van der Waals surface area contributed by atoms with Gasteiger partial charge in [-0.3, -0.25) is 14.3 Å². The number of aryl methyl sites for hydroxylation is 1. The molecule has 226 valence electrons. The first-order valence-electron chi connectivity index (χ1n) is 14.7. The van der Waals surface area contributed by atoms with Gasteiger partial charge < -0.3 is 29.2 Å². The van der Waals surface area contributed by atoms with Crippen LogP contribution < -0.4 is 10.2 Å². The summed E-state index contributed by atoms with van der Waals surface area (Å²) in [7, 11) is -1.60. The molecule has 10 nitrogen and oxygen atoms in total. The summed E-state index contributed by atoms with van der Waals surface area (Å²) < 4.78 is 24.4. The number of nitrogens with one attached hydrogen (secondary N) is 2. The number of aliphatic hydroxyl groups excluding tert-OH is 1. The normalized spacial score (nSPS) is 23.4. The summed E-state index contributed by atoms with van der Waals surface area (Å²) in [4.78, 5) is 31.9. The average molecular weight is 605 g/mol. The van der Waals surface area contributed by atoms with Crippen LogP contribution in [-0.4, -0.2) is 65.1 Å². The molecule has 1 spiro atoms. The van der Waals surface area contributed by atoms with Gasteiger partial charge in [0.1, 0.15) is 0 Å². The molecule has 2 aliphatic rings. The van der Waals surface area contributed by atoms with E-state index in [1.807, 2.05) is 49.5 Å². The minimum Gasteiger partial charge on any atom is -0.396 e. The highest BCUT2D eigenvalue weighted by Crippen LogP contribution is 2.60.